The Morgan fingerprint density at radius 1 is 1.06 bits per heavy atom. The quantitative estimate of drug-likeness (QED) is 0.788. The Morgan fingerprint density at radius 3 is 2.39 bits per heavy atom. The summed E-state index contributed by atoms with van der Waals surface area (Å²) in [6.45, 7) is 1.88. The van der Waals surface area contributed by atoms with Gasteiger partial charge in [0, 0.05) is 25.5 Å². The highest BCUT2D eigenvalue weighted by Gasteiger charge is 2.29. The van der Waals surface area contributed by atoms with Crippen LogP contribution in [0.25, 0.3) is 0 Å². The zero-order valence-electron chi connectivity index (χ0n) is 10.8. The summed E-state index contributed by atoms with van der Waals surface area (Å²) in [5, 5.41) is 0. The van der Waals surface area contributed by atoms with Crippen LogP contribution in [0.1, 0.15) is 38.5 Å². The van der Waals surface area contributed by atoms with E-state index in [1.807, 2.05) is 0 Å². The molecule has 0 spiro atoms. The summed E-state index contributed by atoms with van der Waals surface area (Å²) in [5.74, 6) is 1.55. The van der Waals surface area contributed by atoms with Crippen LogP contribution in [-0.4, -0.2) is 38.2 Å². The number of halogens is 1. The van der Waals surface area contributed by atoms with Crippen molar-refractivity contribution in [3.05, 3.63) is 0 Å². The molecule has 6 heteroatoms. The van der Waals surface area contributed by atoms with Crippen LogP contribution in [-0.2, 0) is 10.2 Å². The van der Waals surface area contributed by atoms with E-state index in [-0.39, 0.29) is 0 Å². The lowest BCUT2D eigenvalue weighted by Gasteiger charge is -2.27. The Bertz CT molecular complexity index is 355. The average molecular weight is 295 g/mol. The van der Waals surface area contributed by atoms with E-state index in [1.54, 1.807) is 4.31 Å². The molecule has 4 nitrogen and oxygen atoms in total. The van der Waals surface area contributed by atoms with Gasteiger partial charge >= 0.3 is 0 Å². The van der Waals surface area contributed by atoms with E-state index in [0.717, 1.165) is 32.1 Å². The lowest BCUT2D eigenvalue weighted by atomic mass is 9.98. The van der Waals surface area contributed by atoms with Crippen LogP contribution in [0.4, 0.5) is 0 Å². The van der Waals surface area contributed by atoms with Crippen molar-refractivity contribution in [2.24, 2.45) is 11.8 Å². The minimum Gasteiger partial charge on any atom is -0.202 e. The molecule has 1 N–H and O–H groups in total. The van der Waals surface area contributed by atoms with Gasteiger partial charge in [0.2, 0.25) is 0 Å². The van der Waals surface area contributed by atoms with E-state index in [2.05, 4.69) is 4.72 Å². The molecular weight excluding hydrogens is 272 g/mol. The molecule has 2 fully saturated rings. The van der Waals surface area contributed by atoms with Gasteiger partial charge in [-0.2, -0.15) is 12.7 Å². The third kappa shape index (κ3) is 3.59. The Kier molecular flexibility index (Phi) is 5.30. The van der Waals surface area contributed by atoms with Gasteiger partial charge in [-0.1, -0.05) is 12.8 Å². The van der Waals surface area contributed by atoms with Crippen molar-refractivity contribution in [2.75, 3.05) is 25.5 Å². The van der Waals surface area contributed by atoms with Crippen molar-refractivity contribution >= 4 is 21.8 Å². The second kappa shape index (κ2) is 6.55. The van der Waals surface area contributed by atoms with Gasteiger partial charge in [0.05, 0.1) is 0 Å². The molecule has 1 saturated heterocycles. The first kappa shape index (κ1) is 14.6. The largest absolute Gasteiger partial charge is 0.279 e. The lowest BCUT2D eigenvalue weighted by Crippen LogP contribution is -2.45. The summed E-state index contributed by atoms with van der Waals surface area (Å²) in [7, 11) is -3.26. The number of alkyl halides is 1. The summed E-state index contributed by atoms with van der Waals surface area (Å²) in [6, 6.07) is 0. The highest BCUT2D eigenvalue weighted by atomic mass is 35.5. The number of nitrogens with zero attached hydrogens (tertiary/aromatic N) is 1. The summed E-state index contributed by atoms with van der Waals surface area (Å²) < 4.78 is 28.6. The van der Waals surface area contributed by atoms with E-state index in [4.69, 9.17) is 11.6 Å². The lowest BCUT2D eigenvalue weighted by molar-refractivity contribution is 0.336. The smallest absolute Gasteiger partial charge is 0.202 e. The molecule has 1 aliphatic heterocycles. The molecule has 18 heavy (non-hydrogen) atoms. The number of rotatable bonds is 5. The number of hydrogen-bond donors (Lipinski definition) is 1. The van der Waals surface area contributed by atoms with Gasteiger partial charge in [-0.05, 0) is 37.5 Å². The maximum atomic E-state index is 12.1. The van der Waals surface area contributed by atoms with E-state index >= 15 is 0 Å². The minimum absolute atomic E-state index is 0.419. The zero-order valence-corrected chi connectivity index (χ0v) is 12.3. The molecule has 0 amide bonds. The first-order valence-electron chi connectivity index (χ1n) is 6.94. The van der Waals surface area contributed by atoms with Gasteiger partial charge in [0.25, 0.3) is 10.2 Å². The third-order valence-corrected chi connectivity index (χ3v) is 6.17. The van der Waals surface area contributed by atoms with Crippen LogP contribution >= 0.6 is 11.6 Å². The minimum atomic E-state index is -3.26. The first-order valence-corrected chi connectivity index (χ1v) is 8.91. The van der Waals surface area contributed by atoms with Crippen molar-refractivity contribution in [2.45, 2.75) is 38.5 Å². The maximum Gasteiger partial charge on any atom is 0.279 e. The van der Waals surface area contributed by atoms with Gasteiger partial charge in [0.1, 0.15) is 0 Å². The van der Waals surface area contributed by atoms with Crippen LogP contribution in [0.3, 0.4) is 0 Å². The normalized spacial score (nSPS) is 30.7. The molecule has 106 valence electrons. The van der Waals surface area contributed by atoms with Crippen molar-refractivity contribution < 1.29 is 8.42 Å². The monoisotopic (exact) mass is 294 g/mol. The van der Waals surface area contributed by atoms with Crippen molar-refractivity contribution in [1.82, 2.24) is 9.03 Å². The fraction of sp³-hybridized carbons (Fsp3) is 1.00. The fourth-order valence-electron chi connectivity index (χ4n) is 2.99. The van der Waals surface area contributed by atoms with Crippen LogP contribution in [0.15, 0.2) is 0 Å². The third-order valence-electron chi connectivity index (χ3n) is 4.20. The predicted molar refractivity (Wildman–Crippen MR) is 73.9 cm³/mol. The molecule has 0 bridgehead atoms. The van der Waals surface area contributed by atoms with Crippen LogP contribution in [0.5, 0.6) is 0 Å². The van der Waals surface area contributed by atoms with Crippen LogP contribution < -0.4 is 4.72 Å². The fourth-order valence-corrected chi connectivity index (χ4v) is 4.75. The number of hydrogen-bond acceptors (Lipinski definition) is 2. The van der Waals surface area contributed by atoms with Gasteiger partial charge < -0.3 is 0 Å². The number of piperidine rings is 1. The van der Waals surface area contributed by atoms with Crippen molar-refractivity contribution in [3.63, 3.8) is 0 Å². The van der Waals surface area contributed by atoms with Crippen molar-refractivity contribution in [3.8, 4) is 0 Å². The molecule has 2 atom stereocenters. The molecule has 0 aromatic rings. The van der Waals surface area contributed by atoms with E-state index in [9.17, 15) is 8.42 Å². The average Bonchev–Trinajstić information content (AvgIpc) is 2.85. The SMILES string of the molecule is O=S(=O)(NCC1CCCC1CCl)N1CCCCC1. The van der Waals surface area contributed by atoms with Crippen LogP contribution in [0.2, 0.25) is 0 Å². The number of nitrogens with one attached hydrogen (secondary N) is 1. The second-order valence-corrected chi connectivity index (χ2v) is 7.48. The highest BCUT2D eigenvalue weighted by molar-refractivity contribution is 7.87. The standard InChI is InChI=1S/C12H23ClN2O2S/c13-9-11-5-4-6-12(11)10-14-18(16,17)15-7-2-1-3-8-15/h11-12,14H,1-10H2. The topological polar surface area (TPSA) is 49.4 Å². The molecule has 0 aromatic heterocycles. The molecule has 2 rings (SSSR count). The summed E-state index contributed by atoms with van der Waals surface area (Å²) in [5.41, 5.74) is 0. The van der Waals surface area contributed by atoms with E-state index in [1.165, 1.54) is 6.42 Å². The van der Waals surface area contributed by atoms with Gasteiger partial charge in [-0.15, -0.1) is 11.6 Å². The Labute approximate surface area is 115 Å². The van der Waals surface area contributed by atoms with Gasteiger partial charge in [-0.25, -0.2) is 4.72 Å². The molecular formula is C12H23ClN2O2S. The Balaban J connectivity index is 1.84. The molecule has 2 unspecified atom stereocenters. The summed E-state index contributed by atoms with van der Waals surface area (Å²) >= 11 is 5.91. The van der Waals surface area contributed by atoms with Crippen molar-refractivity contribution in [1.29, 1.82) is 0 Å². The zero-order chi connectivity index (χ0) is 13.0. The van der Waals surface area contributed by atoms with E-state index in [0.29, 0.717) is 37.4 Å². The van der Waals surface area contributed by atoms with Gasteiger partial charge in [-0.3, -0.25) is 0 Å². The molecule has 0 radical (unpaired) electrons. The summed E-state index contributed by atoms with van der Waals surface area (Å²) in [4.78, 5) is 0. The first-order chi connectivity index (χ1) is 8.63. The molecule has 2 aliphatic rings. The summed E-state index contributed by atoms with van der Waals surface area (Å²) in [6.07, 6.45) is 6.51. The Hall–Kier alpha value is 0.160. The van der Waals surface area contributed by atoms with Gasteiger partial charge in [0.15, 0.2) is 0 Å². The highest BCUT2D eigenvalue weighted by Crippen LogP contribution is 2.32. The predicted octanol–water partition coefficient (Wildman–Crippen LogP) is 1.96. The van der Waals surface area contributed by atoms with Crippen LogP contribution in [0, 0.1) is 11.8 Å². The Morgan fingerprint density at radius 2 is 1.72 bits per heavy atom. The van der Waals surface area contributed by atoms with E-state index < -0.39 is 10.2 Å². The second-order valence-electron chi connectivity index (χ2n) is 5.42. The maximum absolute atomic E-state index is 12.1. The molecule has 1 heterocycles. The molecule has 1 saturated carbocycles. The molecule has 1 aliphatic carbocycles. The molecule has 0 aromatic carbocycles.